The van der Waals surface area contributed by atoms with Gasteiger partial charge in [-0.25, -0.2) is 13.1 Å². The van der Waals surface area contributed by atoms with Gasteiger partial charge in [-0.2, -0.15) is 0 Å². The van der Waals surface area contributed by atoms with Crippen LogP contribution in [0.1, 0.15) is 18.1 Å². The number of carbonyl (C=O) groups is 2. The van der Waals surface area contributed by atoms with Gasteiger partial charge in [0.15, 0.2) is 0 Å². The van der Waals surface area contributed by atoms with Crippen LogP contribution in [0.5, 0.6) is 0 Å². The van der Waals surface area contributed by atoms with Gasteiger partial charge in [-0.3, -0.25) is 9.59 Å². The quantitative estimate of drug-likeness (QED) is 0.790. The zero-order chi connectivity index (χ0) is 19.6. The highest BCUT2D eigenvalue weighted by molar-refractivity contribution is 7.89. The van der Waals surface area contributed by atoms with Crippen LogP contribution in [-0.2, 0) is 26.0 Å². The minimum absolute atomic E-state index is 0.0739. The van der Waals surface area contributed by atoms with Gasteiger partial charge in [-0.1, -0.05) is 18.2 Å². The van der Waals surface area contributed by atoms with Gasteiger partial charge in [-0.15, -0.1) is 0 Å². The van der Waals surface area contributed by atoms with Crippen LogP contribution in [0.25, 0.3) is 0 Å². The summed E-state index contributed by atoms with van der Waals surface area (Å²) in [6, 6.07) is 12.0. The smallest absolute Gasteiger partial charge is 0.240 e. The number of sulfonamides is 1. The monoisotopic (exact) mass is 387 g/mol. The predicted molar refractivity (Wildman–Crippen MR) is 103 cm³/mol. The maximum Gasteiger partial charge on any atom is 0.240 e. The second kappa shape index (κ2) is 7.50. The number of hydrogen-bond acceptors (Lipinski definition) is 4. The van der Waals surface area contributed by atoms with Gasteiger partial charge in [0.05, 0.1) is 11.3 Å². The first-order valence-corrected chi connectivity index (χ1v) is 10.0. The van der Waals surface area contributed by atoms with Crippen molar-refractivity contribution in [3.05, 3.63) is 53.6 Å². The zero-order valence-corrected chi connectivity index (χ0v) is 16.0. The number of nitrogens with one attached hydrogen (secondary N) is 2. The summed E-state index contributed by atoms with van der Waals surface area (Å²) >= 11 is 0. The molecule has 27 heavy (non-hydrogen) atoms. The molecule has 0 radical (unpaired) electrons. The number of fused-ring (bicyclic) bond motifs is 1. The molecule has 7 nitrogen and oxygen atoms in total. The highest BCUT2D eigenvalue weighted by Crippen LogP contribution is 2.25. The zero-order valence-electron chi connectivity index (χ0n) is 15.2. The number of nitrogens with zero attached hydrogens (tertiary/aromatic N) is 1. The van der Waals surface area contributed by atoms with E-state index in [1.165, 1.54) is 19.1 Å². The van der Waals surface area contributed by atoms with Crippen LogP contribution < -0.4 is 14.9 Å². The fourth-order valence-corrected chi connectivity index (χ4v) is 4.13. The van der Waals surface area contributed by atoms with Crippen molar-refractivity contribution in [2.24, 2.45) is 0 Å². The Morgan fingerprint density at radius 3 is 2.67 bits per heavy atom. The number of carbonyl (C=O) groups excluding carboxylic acids is 2. The Morgan fingerprint density at radius 1 is 1.22 bits per heavy atom. The molecular formula is C19H21N3O4S. The van der Waals surface area contributed by atoms with Gasteiger partial charge in [0, 0.05) is 31.4 Å². The second-order valence-corrected chi connectivity index (χ2v) is 8.17. The predicted octanol–water partition coefficient (Wildman–Crippen LogP) is 1.82. The van der Waals surface area contributed by atoms with Gasteiger partial charge in [0.2, 0.25) is 21.8 Å². The average Bonchev–Trinajstić information content (AvgIpc) is 2.98. The molecule has 1 aliphatic heterocycles. The highest BCUT2D eigenvalue weighted by Gasteiger charge is 2.22. The average molecular weight is 387 g/mol. The SMILES string of the molecule is CC(=O)N(CCNS(=O)(=O)c1ccc2c(c1)CC(=O)N2)c1ccccc1C. The van der Waals surface area contributed by atoms with Crippen LogP contribution in [0.4, 0.5) is 11.4 Å². The van der Waals surface area contributed by atoms with Crippen molar-refractivity contribution in [2.45, 2.75) is 25.2 Å². The highest BCUT2D eigenvalue weighted by atomic mass is 32.2. The van der Waals surface area contributed by atoms with Crippen molar-refractivity contribution < 1.29 is 18.0 Å². The van der Waals surface area contributed by atoms with Crippen LogP contribution in [0.2, 0.25) is 0 Å². The molecule has 0 atom stereocenters. The third kappa shape index (κ3) is 4.17. The summed E-state index contributed by atoms with van der Waals surface area (Å²) in [6.07, 6.45) is 0.171. The Kier molecular flexibility index (Phi) is 5.29. The van der Waals surface area contributed by atoms with E-state index in [1.54, 1.807) is 11.0 Å². The molecule has 0 aromatic heterocycles. The third-order valence-corrected chi connectivity index (χ3v) is 5.88. The molecule has 3 rings (SSSR count). The number of benzene rings is 2. The van der Waals surface area contributed by atoms with E-state index in [4.69, 9.17) is 0 Å². The molecule has 0 fully saturated rings. The lowest BCUT2D eigenvalue weighted by Gasteiger charge is -2.23. The molecule has 142 valence electrons. The van der Waals surface area contributed by atoms with Crippen LogP contribution in [0.3, 0.4) is 0 Å². The largest absolute Gasteiger partial charge is 0.326 e. The number of para-hydroxylation sites is 1. The lowest BCUT2D eigenvalue weighted by atomic mass is 10.2. The topological polar surface area (TPSA) is 95.6 Å². The fraction of sp³-hybridized carbons (Fsp3) is 0.263. The van der Waals surface area contributed by atoms with Crippen molar-refractivity contribution >= 4 is 33.2 Å². The molecule has 0 saturated carbocycles. The molecule has 0 unspecified atom stereocenters. The standard InChI is InChI=1S/C19H21N3O4S/c1-13-5-3-4-6-18(13)22(14(2)23)10-9-20-27(25,26)16-7-8-17-15(11-16)12-19(24)21-17/h3-8,11,20H,9-10,12H2,1-2H3,(H,21,24). The second-order valence-electron chi connectivity index (χ2n) is 6.40. The number of amides is 2. The summed E-state index contributed by atoms with van der Waals surface area (Å²) in [6.45, 7) is 3.63. The maximum absolute atomic E-state index is 12.5. The first-order valence-electron chi connectivity index (χ1n) is 8.54. The number of aryl methyl sites for hydroxylation is 1. The molecule has 2 N–H and O–H groups in total. The molecule has 0 aliphatic carbocycles. The van der Waals surface area contributed by atoms with Crippen LogP contribution >= 0.6 is 0 Å². The van der Waals surface area contributed by atoms with Crippen LogP contribution in [0, 0.1) is 6.92 Å². The molecule has 2 amide bonds. The van der Waals surface area contributed by atoms with Gasteiger partial charge in [-0.05, 0) is 42.3 Å². The van der Waals surface area contributed by atoms with Crippen LogP contribution in [-0.4, -0.2) is 33.3 Å². The Bertz CT molecular complexity index is 1000. The van der Waals surface area contributed by atoms with E-state index >= 15 is 0 Å². The van der Waals surface area contributed by atoms with E-state index < -0.39 is 10.0 Å². The normalized spacial score (nSPS) is 13.2. The molecule has 1 aliphatic rings. The van der Waals surface area contributed by atoms with Gasteiger partial charge in [0.1, 0.15) is 0 Å². The molecule has 0 spiro atoms. The summed E-state index contributed by atoms with van der Waals surface area (Å²) in [4.78, 5) is 25.1. The van der Waals surface area contributed by atoms with Crippen molar-refractivity contribution in [2.75, 3.05) is 23.3 Å². The molecule has 0 bridgehead atoms. The number of anilines is 2. The lowest BCUT2D eigenvalue weighted by molar-refractivity contribution is -0.116. The molecule has 0 saturated heterocycles. The van der Waals surface area contributed by atoms with Gasteiger partial charge >= 0.3 is 0 Å². The van der Waals surface area contributed by atoms with E-state index in [0.29, 0.717) is 11.3 Å². The number of rotatable bonds is 6. The Morgan fingerprint density at radius 2 is 1.96 bits per heavy atom. The van der Waals surface area contributed by atoms with E-state index in [-0.39, 0.29) is 36.2 Å². The van der Waals surface area contributed by atoms with Gasteiger partial charge < -0.3 is 10.2 Å². The third-order valence-electron chi connectivity index (χ3n) is 4.43. The maximum atomic E-state index is 12.5. The molecule has 8 heteroatoms. The molecule has 2 aromatic carbocycles. The molecule has 2 aromatic rings. The lowest BCUT2D eigenvalue weighted by Crippen LogP contribution is -2.37. The van der Waals surface area contributed by atoms with Crippen molar-refractivity contribution in [3.63, 3.8) is 0 Å². The first kappa shape index (κ1) is 19.1. The minimum Gasteiger partial charge on any atom is -0.326 e. The Labute approximate surface area is 158 Å². The summed E-state index contributed by atoms with van der Waals surface area (Å²) in [5, 5.41) is 2.67. The van der Waals surface area contributed by atoms with E-state index in [0.717, 1.165) is 11.3 Å². The molecular weight excluding hydrogens is 366 g/mol. The van der Waals surface area contributed by atoms with Crippen LogP contribution in [0.15, 0.2) is 47.4 Å². The minimum atomic E-state index is -3.74. The first-order chi connectivity index (χ1) is 12.8. The van der Waals surface area contributed by atoms with Crippen molar-refractivity contribution in [1.82, 2.24) is 4.72 Å². The van der Waals surface area contributed by atoms with Gasteiger partial charge in [0.25, 0.3) is 0 Å². The fourth-order valence-electron chi connectivity index (χ4n) is 3.06. The summed E-state index contributed by atoms with van der Waals surface area (Å²) in [7, 11) is -3.74. The van der Waals surface area contributed by atoms with Crippen molar-refractivity contribution in [3.8, 4) is 0 Å². The van der Waals surface area contributed by atoms with E-state index in [2.05, 4.69) is 10.0 Å². The summed E-state index contributed by atoms with van der Waals surface area (Å²) in [5.74, 6) is -0.312. The summed E-state index contributed by atoms with van der Waals surface area (Å²) < 4.78 is 27.6. The Hall–Kier alpha value is -2.71. The summed E-state index contributed by atoms with van der Waals surface area (Å²) in [5.41, 5.74) is 2.99. The molecule has 1 heterocycles. The van der Waals surface area contributed by atoms with E-state index in [1.807, 2.05) is 31.2 Å². The van der Waals surface area contributed by atoms with E-state index in [9.17, 15) is 18.0 Å². The van der Waals surface area contributed by atoms with Crippen molar-refractivity contribution in [1.29, 1.82) is 0 Å². The number of hydrogen-bond donors (Lipinski definition) is 2. The Balaban J connectivity index is 1.70.